The maximum absolute atomic E-state index is 12.8. The first-order chi connectivity index (χ1) is 12.7. The topological polar surface area (TPSA) is 67.8 Å². The molecule has 0 fully saturated rings. The number of nitrogens with one attached hydrogen (secondary N) is 1. The Kier molecular flexibility index (Phi) is 4.89. The number of alkyl halides is 3. The normalized spacial score (nSPS) is 11.3. The van der Waals surface area contributed by atoms with Crippen LogP contribution in [0.5, 0.6) is 0 Å². The minimum Gasteiger partial charge on any atom is -0.306 e. The van der Waals surface area contributed by atoms with Crippen LogP contribution in [0.1, 0.15) is 27.4 Å². The number of carbonyl (C=O) groups excluding carboxylic acids is 1. The van der Waals surface area contributed by atoms with Gasteiger partial charge in [0.1, 0.15) is 11.6 Å². The number of pyridine rings is 1. The Morgan fingerprint density at radius 2 is 1.70 bits per heavy atom. The second kappa shape index (κ2) is 7.14. The van der Waals surface area contributed by atoms with Gasteiger partial charge in [0.15, 0.2) is 0 Å². The van der Waals surface area contributed by atoms with Crippen molar-refractivity contribution in [1.82, 2.24) is 15.0 Å². The molecule has 0 spiro atoms. The largest absolute Gasteiger partial charge is 0.416 e. The Labute approximate surface area is 153 Å². The summed E-state index contributed by atoms with van der Waals surface area (Å²) in [5.41, 5.74) is 0.956. The zero-order valence-electron chi connectivity index (χ0n) is 14.5. The number of nitrogens with zero attached hydrogens (tertiary/aromatic N) is 3. The Morgan fingerprint density at radius 1 is 1.00 bits per heavy atom. The quantitative estimate of drug-likeness (QED) is 0.739. The van der Waals surface area contributed by atoms with E-state index in [0.717, 1.165) is 24.0 Å². The van der Waals surface area contributed by atoms with E-state index in [0.29, 0.717) is 22.8 Å². The van der Waals surface area contributed by atoms with Crippen LogP contribution in [-0.2, 0) is 6.18 Å². The molecular weight excluding hydrogens is 357 g/mol. The van der Waals surface area contributed by atoms with E-state index < -0.39 is 11.7 Å². The molecule has 0 aliphatic carbocycles. The lowest BCUT2D eigenvalue weighted by atomic mass is 10.1. The van der Waals surface area contributed by atoms with Crippen molar-refractivity contribution < 1.29 is 18.0 Å². The molecule has 0 saturated heterocycles. The van der Waals surface area contributed by atoms with E-state index in [-0.39, 0.29) is 11.6 Å². The monoisotopic (exact) mass is 372 g/mol. The summed E-state index contributed by atoms with van der Waals surface area (Å²) >= 11 is 0. The molecule has 0 unspecified atom stereocenters. The van der Waals surface area contributed by atoms with Crippen LogP contribution in [0.2, 0.25) is 0 Å². The minimum absolute atomic E-state index is 0.179. The number of hydrogen-bond donors (Lipinski definition) is 1. The molecule has 0 saturated carbocycles. The van der Waals surface area contributed by atoms with Gasteiger partial charge in [0, 0.05) is 29.1 Å². The van der Waals surface area contributed by atoms with Crippen molar-refractivity contribution in [2.45, 2.75) is 20.0 Å². The van der Waals surface area contributed by atoms with Gasteiger partial charge in [0.25, 0.3) is 5.91 Å². The molecule has 8 heteroatoms. The predicted octanol–water partition coefficient (Wildman–Crippen LogP) is 4.43. The lowest BCUT2D eigenvalue weighted by Crippen LogP contribution is -2.13. The highest BCUT2D eigenvalue weighted by Crippen LogP contribution is 2.31. The first-order valence-electron chi connectivity index (χ1n) is 8.00. The third-order valence-electron chi connectivity index (χ3n) is 3.74. The van der Waals surface area contributed by atoms with Gasteiger partial charge >= 0.3 is 6.18 Å². The van der Waals surface area contributed by atoms with Crippen LogP contribution in [0.3, 0.4) is 0 Å². The van der Waals surface area contributed by atoms with E-state index in [1.54, 1.807) is 32.0 Å². The van der Waals surface area contributed by atoms with Gasteiger partial charge in [-0.1, -0.05) is 12.1 Å². The number of anilines is 1. The van der Waals surface area contributed by atoms with E-state index >= 15 is 0 Å². The van der Waals surface area contributed by atoms with Crippen molar-refractivity contribution in [2.24, 2.45) is 0 Å². The molecule has 3 rings (SSSR count). The smallest absolute Gasteiger partial charge is 0.306 e. The minimum atomic E-state index is -4.44. The summed E-state index contributed by atoms with van der Waals surface area (Å²) in [6.07, 6.45) is -3.33. The highest BCUT2D eigenvalue weighted by atomic mass is 19.4. The van der Waals surface area contributed by atoms with Crippen molar-refractivity contribution in [3.8, 4) is 11.3 Å². The van der Waals surface area contributed by atoms with E-state index in [1.807, 2.05) is 0 Å². The lowest BCUT2D eigenvalue weighted by molar-refractivity contribution is -0.137. The Morgan fingerprint density at radius 3 is 2.33 bits per heavy atom. The van der Waals surface area contributed by atoms with Crippen molar-refractivity contribution in [3.05, 3.63) is 71.3 Å². The molecule has 27 heavy (non-hydrogen) atoms. The average Bonchev–Trinajstić information content (AvgIpc) is 2.60. The number of rotatable bonds is 3. The standard InChI is InChI=1S/C19H15F3N4O/c1-11-9-17(25-12(2)24-11)26-18(27)14-5-3-13(4-6-14)16-10-15(7-8-23-16)19(20,21)22/h3-10H,1-2H3,(H,24,25,26,27). The van der Waals surface area contributed by atoms with Gasteiger partial charge in [0.05, 0.1) is 11.3 Å². The first kappa shape index (κ1) is 18.5. The number of hydrogen-bond acceptors (Lipinski definition) is 4. The number of aryl methyl sites for hydroxylation is 2. The molecule has 138 valence electrons. The van der Waals surface area contributed by atoms with Crippen LogP contribution in [-0.4, -0.2) is 20.9 Å². The molecule has 5 nitrogen and oxygen atoms in total. The third kappa shape index (κ3) is 4.46. The Hall–Kier alpha value is -3.29. The predicted molar refractivity (Wildman–Crippen MR) is 94.1 cm³/mol. The number of aromatic nitrogens is 3. The summed E-state index contributed by atoms with van der Waals surface area (Å²) in [6.45, 7) is 3.51. The summed E-state index contributed by atoms with van der Waals surface area (Å²) < 4.78 is 38.5. The molecule has 0 radical (unpaired) electrons. The summed E-state index contributed by atoms with van der Waals surface area (Å²) in [6, 6.07) is 9.67. The molecule has 0 aliphatic rings. The van der Waals surface area contributed by atoms with Gasteiger partial charge < -0.3 is 5.32 Å². The summed E-state index contributed by atoms with van der Waals surface area (Å²) in [5.74, 6) is 0.543. The maximum atomic E-state index is 12.8. The summed E-state index contributed by atoms with van der Waals surface area (Å²) in [4.78, 5) is 24.6. The van der Waals surface area contributed by atoms with Crippen molar-refractivity contribution in [3.63, 3.8) is 0 Å². The zero-order valence-corrected chi connectivity index (χ0v) is 14.5. The van der Waals surface area contributed by atoms with Crippen molar-refractivity contribution >= 4 is 11.7 Å². The van der Waals surface area contributed by atoms with Gasteiger partial charge in [0.2, 0.25) is 0 Å². The number of halogens is 3. The molecule has 1 N–H and O–H groups in total. The summed E-state index contributed by atoms with van der Waals surface area (Å²) in [5, 5.41) is 2.67. The van der Waals surface area contributed by atoms with Crippen LogP contribution in [0.25, 0.3) is 11.3 Å². The molecule has 1 amide bonds. The second-order valence-electron chi connectivity index (χ2n) is 5.90. The molecule has 3 aromatic rings. The lowest BCUT2D eigenvalue weighted by Gasteiger charge is -2.09. The van der Waals surface area contributed by atoms with Gasteiger partial charge in [-0.05, 0) is 38.1 Å². The van der Waals surface area contributed by atoms with Crippen LogP contribution in [0.15, 0.2) is 48.7 Å². The van der Waals surface area contributed by atoms with Crippen LogP contribution in [0, 0.1) is 13.8 Å². The van der Waals surface area contributed by atoms with E-state index in [9.17, 15) is 18.0 Å². The highest BCUT2D eigenvalue weighted by molar-refractivity contribution is 6.04. The SMILES string of the molecule is Cc1cc(NC(=O)c2ccc(-c3cc(C(F)(F)F)ccn3)cc2)nc(C)n1. The number of benzene rings is 1. The highest BCUT2D eigenvalue weighted by Gasteiger charge is 2.30. The van der Waals surface area contributed by atoms with Crippen LogP contribution >= 0.6 is 0 Å². The molecule has 0 atom stereocenters. The maximum Gasteiger partial charge on any atom is 0.416 e. The zero-order chi connectivity index (χ0) is 19.6. The van der Waals surface area contributed by atoms with Crippen molar-refractivity contribution in [2.75, 3.05) is 5.32 Å². The fourth-order valence-electron chi connectivity index (χ4n) is 2.53. The fourth-order valence-corrected chi connectivity index (χ4v) is 2.53. The molecule has 2 aromatic heterocycles. The van der Waals surface area contributed by atoms with E-state index in [2.05, 4.69) is 20.3 Å². The third-order valence-corrected chi connectivity index (χ3v) is 3.74. The molecule has 1 aromatic carbocycles. The van der Waals surface area contributed by atoms with Crippen molar-refractivity contribution in [1.29, 1.82) is 0 Å². The Bertz CT molecular complexity index is 965. The van der Waals surface area contributed by atoms with Gasteiger partial charge in [-0.2, -0.15) is 13.2 Å². The molecule has 0 bridgehead atoms. The van der Waals surface area contributed by atoms with Gasteiger partial charge in [-0.25, -0.2) is 9.97 Å². The van der Waals surface area contributed by atoms with Crippen LogP contribution < -0.4 is 5.32 Å². The first-order valence-corrected chi connectivity index (χ1v) is 8.00. The molecule has 0 aliphatic heterocycles. The molecule has 2 heterocycles. The van der Waals surface area contributed by atoms with E-state index in [1.165, 1.54) is 12.1 Å². The molecular formula is C19H15F3N4O. The van der Waals surface area contributed by atoms with Gasteiger partial charge in [-0.15, -0.1) is 0 Å². The number of carbonyl (C=O) groups is 1. The Balaban J connectivity index is 1.80. The second-order valence-corrected chi connectivity index (χ2v) is 5.90. The van der Waals surface area contributed by atoms with Gasteiger partial charge in [-0.3, -0.25) is 9.78 Å². The fraction of sp³-hybridized carbons (Fsp3) is 0.158. The number of amides is 1. The average molecular weight is 372 g/mol. The van der Waals surface area contributed by atoms with Crippen LogP contribution in [0.4, 0.5) is 19.0 Å². The van der Waals surface area contributed by atoms with E-state index in [4.69, 9.17) is 0 Å². The summed E-state index contributed by atoms with van der Waals surface area (Å²) in [7, 11) is 0.